The molecular weight excluding hydrogens is 477 g/mol. The van der Waals surface area contributed by atoms with Crippen LogP contribution < -0.4 is 15.4 Å². The minimum absolute atomic E-state index is 0.140. The highest BCUT2D eigenvalue weighted by atomic mass is 19.1. The number of nitrogens with one attached hydrogen (secondary N) is 3. The van der Waals surface area contributed by atoms with Crippen LogP contribution >= 0.6 is 0 Å². The van der Waals surface area contributed by atoms with Gasteiger partial charge in [0.25, 0.3) is 5.91 Å². The minimum atomic E-state index is -1.07. The lowest BCUT2D eigenvalue weighted by atomic mass is 9.91. The predicted molar refractivity (Wildman–Crippen MR) is 132 cm³/mol. The van der Waals surface area contributed by atoms with Gasteiger partial charge in [0.15, 0.2) is 0 Å². The number of fused-ring (bicyclic) bond motifs is 2. The number of nitriles is 1. The van der Waals surface area contributed by atoms with Crippen molar-refractivity contribution in [2.24, 2.45) is 5.92 Å². The Morgan fingerprint density at radius 2 is 2.14 bits per heavy atom. The third-order valence-electron chi connectivity index (χ3n) is 7.07. The highest BCUT2D eigenvalue weighted by molar-refractivity contribution is 6.02. The first-order valence-electron chi connectivity index (χ1n) is 12.1. The van der Waals surface area contributed by atoms with Crippen LogP contribution in [0.25, 0.3) is 10.9 Å². The fraction of sp³-hybridized carbons (Fsp3) is 0.333. The Balaban J connectivity index is 1.46. The number of hydrogen-bond acceptors (Lipinski definition) is 5. The lowest BCUT2D eigenvalue weighted by Gasteiger charge is -2.36. The molecule has 3 N–H and O–H groups in total. The van der Waals surface area contributed by atoms with Crippen LogP contribution in [0.3, 0.4) is 0 Å². The molecule has 0 bridgehead atoms. The Kier molecular flexibility index (Phi) is 6.53. The first-order valence-corrected chi connectivity index (χ1v) is 12.1. The lowest BCUT2D eigenvalue weighted by Crippen LogP contribution is -2.49. The average Bonchev–Trinajstić information content (AvgIpc) is 3.52. The molecule has 2 aliphatic rings. The SMILES string of the molecule is COc1cccc2[nH]c(C(=O)N3CCc4cc(F)ccc4[C@H]3C(=O)N[C@H](C#N)C[C@@H]3CCNC3=O)cc12. The third-order valence-corrected chi connectivity index (χ3v) is 7.07. The van der Waals surface area contributed by atoms with E-state index in [1.807, 2.05) is 6.07 Å². The zero-order chi connectivity index (χ0) is 26.1. The summed E-state index contributed by atoms with van der Waals surface area (Å²) in [4.78, 5) is 43.9. The molecule has 1 aromatic heterocycles. The highest BCUT2D eigenvalue weighted by Gasteiger charge is 2.38. The van der Waals surface area contributed by atoms with Crippen LogP contribution in [-0.4, -0.2) is 53.8 Å². The summed E-state index contributed by atoms with van der Waals surface area (Å²) in [5, 5.41) is 15.9. The number of aromatic amines is 1. The molecule has 1 saturated heterocycles. The number of halogens is 1. The number of nitrogens with zero attached hydrogens (tertiary/aromatic N) is 2. The van der Waals surface area contributed by atoms with E-state index < -0.39 is 29.7 Å². The van der Waals surface area contributed by atoms with Crippen LogP contribution in [0.4, 0.5) is 4.39 Å². The van der Waals surface area contributed by atoms with E-state index >= 15 is 0 Å². The van der Waals surface area contributed by atoms with Crippen molar-refractivity contribution < 1.29 is 23.5 Å². The largest absolute Gasteiger partial charge is 0.496 e. The van der Waals surface area contributed by atoms with Crippen LogP contribution in [0, 0.1) is 23.1 Å². The summed E-state index contributed by atoms with van der Waals surface area (Å²) in [6.07, 6.45) is 1.13. The maximum absolute atomic E-state index is 14.0. The molecule has 3 heterocycles. The molecule has 0 spiro atoms. The van der Waals surface area contributed by atoms with Gasteiger partial charge in [-0.2, -0.15) is 5.26 Å². The van der Waals surface area contributed by atoms with Crippen LogP contribution in [-0.2, 0) is 16.0 Å². The molecule has 3 amide bonds. The molecule has 9 nitrogen and oxygen atoms in total. The summed E-state index contributed by atoms with van der Waals surface area (Å²) in [5.41, 5.74) is 2.12. The number of ether oxygens (including phenoxy) is 1. The van der Waals surface area contributed by atoms with Crippen LogP contribution in [0.2, 0.25) is 0 Å². The summed E-state index contributed by atoms with van der Waals surface area (Å²) < 4.78 is 19.4. The van der Waals surface area contributed by atoms with Crippen LogP contribution in [0.15, 0.2) is 42.5 Å². The maximum Gasteiger partial charge on any atom is 0.271 e. The topological polar surface area (TPSA) is 127 Å². The molecule has 3 atom stereocenters. The van der Waals surface area contributed by atoms with E-state index in [9.17, 15) is 24.0 Å². The van der Waals surface area contributed by atoms with Gasteiger partial charge in [0.1, 0.15) is 29.3 Å². The van der Waals surface area contributed by atoms with E-state index in [4.69, 9.17) is 4.74 Å². The normalized spacial score (nSPS) is 19.6. The monoisotopic (exact) mass is 503 g/mol. The van der Waals surface area contributed by atoms with Crippen LogP contribution in [0.1, 0.15) is 40.5 Å². The fourth-order valence-corrected chi connectivity index (χ4v) is 5.22. The Morgan fingerprint density at radius 3 is 2.86 bits per heavy atom. The first-order chi connectivity index (χ1) is 17.9. The summed E-state index contributed by atoms with van der Waals surface area (Å²) in [6, 6.07) is 11.3. The van der Waals surface area contributed by atoms with Gasteiger partial charge in [0.2, 0.25) is 11.8 Å². The van der Waals surface area contributed by atoms with E-state index in [1.54, 1.807) is 25.3 Å². The first kappa shape index (κ1) is 24.3. The van der Waals surface area contributed by atoms with E-state index in [1.165, 1.54) is 23.1 Å². The Morgan fingerprint density at radius 1 is 1.30 bits per heavy atom. The molecule has 0 unspecified atom stereocenters. The van der Waals surface area contributed by atoms with Gasteiger partial charge in [-0.25, -0.2) is 4.39 Å². The van der Waals surface area contributed by atoms with Crippen molar-refractivity contribution in [3.05, 3.63) is 65.1 Å². The molecule has 2 aliphatic heterocycles. The molecule has 0 aliphatic carbocycles. The average molecular weight is 504 g/mol. The van der Waals surface area contributed by atoms with Crippen molar-refractivity contribution in [3.8, 4) is 11.8 Å². The summed E-state index contributed by atoms with van der Waals surface area (Å²) >= 11 is 0. The van der Waals surface area contributed by atoms with E-state index in [0.717, 1.165) is 5.39 Å². The number of rotatable bonds is 6. The van der Waals surface area contributed by atoms with Crippen molar-refractivity contribution in [3.63, 3.8) is 0 Å². The van der Waals surface area contributed by atoms with E-state index in [2.05, 4.69) is 21.7 Å². The van der Waals surface area contributed by atoms with Gasteiger partial charge in [-0.3, -0.25) is 14.4 Å². The third kappa shape index (κ3) is 4.60. The second-order valence-electron chi connectivity index (χ2n) is 9.30. The highest BCUT2D eigenvalue weighted by Crippen LogP contribution is 2.33. The molecule has 37 heavy (non-hydrogen) atoms. The zero-order valence-corrected chi connectivity index (χ0v) is 20.2. The molecule has 3 aromatic rings. The van der Waals surface area contributed by atoms with Gasteiger partial charge < -0.3 is 25.3 Å². The Bertz CT molecular complexity index is 1430. The summed E-state index contributed by atoms with van der Waals surface area (Å²) in [7, 11) is 1.55. The van der Waals surface area contributed by atoms with Crippen molar-refractivity contribution in [2.45, 2.75) is 31.3 Å². The predicted octanol–water partition coefficient (Wildman–Crippen LogP) is 2.59. The molecule has 1 fully saturated rings. The maximum atomic E-state index is 14.0. The number of methoxy groups -OCH3 is 1. The van der Waals surface area contributed by atoms with Gasteiger partial charge in [0, 0.05) is 29.9 Å². The number of H-pyrrole nitrogens is 1. The van der Waals surface area contributed by atoms with Gasteiger partial charge in [-0.15, -0.1) is 0 Å². The standard InChI is InChI=1S/C27H26FN5O4/c1-37-23-4-2-3-21-20(23)13-22(32-21)27(36)33-10-8-15-11-17(28)5-6-19(15)24(33)26(35)31-18(14-29)12-16-7-9-30-25(16)34/h2-6,11,13,16,18,24,32H,7-10,12H2,1H3,(H,30,34)(H,31,35)/t16-,18-,24-/m0/s1. The minimum Gasteiger partial charge on any atom is -0.496 e. The Labute approximate surface area is 212 Å². The second-order valence-corrected chi connectivity index (χ2v) is 9.30. The van der Waals surface area contributed by atoms with E-state index in [0.29, 0.717) is 41.8 Å². The zero-order valence-electron chi connectivity index (χ0n) is 20.2. The molecule has 10 heteroatoms. The van der Waals surface area contributed by atoms with Gasteiger partial charge in [-0.1, -0.05) is 12.1 Å². The van der Waals surface area contributed by atoms with Crippen molar-refractivity contribution >= 4 is 28.6 Å². The number of amides is 3. The molecule has 190 valence electrons. The molecule has 0 radical (unpaired) electrons. The fourth-order valence-electron chi connectivity index (χ4n) is 5.22. The number of benzene rings is 2. The van der Waals surface area contributed by atoms with E-state index in [-0.39, 0.29) is 30.5 Å². The van der Waals surface area contributed by atoms with Crippen LogP contribution in [0.5, 0.6) is 5.75 Å². The van der Waals surface area contributed by atoms with Crippen molar-refractivity contribution in [1.82, 2.24) is 20.5 Å². The number of hydrogen-bond donors (Lipinski definition) is 3. The second kappa shape index (κ2) is 9.93. The molecule has 2 aromatic carbocycles. The van der Waals surface area contributed by atoms with Gasteiger partial charge >= 0.3 is 0 Å². The quantitative estimate of drug-likeness (QED) is 0.477. The lowest BCUT2D eigenvalue weighted by molar-refractivity contribution is -0.127. The molecular formula is C27H26FN5O4. The smallest absolute Gasteiger partial charge is 0.271 e. The van der Waals surface area contributed by atoms with Crippen molar-refractivity contribution in [2.75, 3.05) is 20.2 Å². The van der Waals surface area contributed by atoms with Gasteiger partial charge in [-0.05, 0) is 60.7 Å². The molecule has 5 rings (SSSR count). The number of carbonyl (C=O) groups is 3. The number of aromatic nitrogens is 1. The Hall–Kier alpha value is -4.39. The summed E-state index contributed by atoms with van der Waals surface area (Å²) in [6.45, 7) is 0.719. The van der Waals surface area contributed by atoms with Gasteiger partial charge in [0.05, 0.1) is 13.2 Å². The molecule has 0 saturated carbocycles. The van der Waals surface area contributed by atoms with Crippen molar-refractivity contribution in [1.29, 1.82) is 5.26 Å². The number of carbonyl (C=O) groups excluding carboxylic acids is 3. The summed E-state index contributed by atoms with van der Waals surface area (Å²) in [5.74, 6) is -1.29.